The number of hydrogen-bond acceptors (Lipinski definition) is 4. The summed E-state index contributed by atoms with van der Waals surface area (Å²) >= 11 is 6.49. The summed E-state index contributed by atoms with van der Waals surface area (Å²) in [5.74, 6) is -0.465. The summed E-state index contributed by atoms with van der Waals surface area (Å²) in [7, 11) is -2.34. The molecule has 0 radical (unpaired) electrons. The summed E-state index contributed by atoms with van der Waals surface area (Å²) in [6.45, 7) is 2.13. The number of para-hydroxylation sites is 1. The van der Waals surface area contributed by atoms with Gasteiger partial charge in [-0.1, -0.05) is 66.2 Å². The zero-order valence-electron chi connectivity index (χ0n) is 18.6. The minimum absolute atomic E-state index is 0.0549. The maximum Gasteiger partial charge on any atom is 0.264 e. The van der Waals surface area contributed by atoms with E-state index in [1.165, 1.54) is 23.5 Å². The van der Waals surface area contributed by atoms with Gasteiger partial charge in [0, 0.05) is 12.7 Å². The Labute approximate surface area is 203 Å². The molecule has 3 aromatic carbocycles. The summed E-state index contributed by atoms with van der Waals surface area (Å²) in [6.07, 6.45) is 0. The van der Waals surface area contributed by atoms with Crippen LogP contribution in [0.25, 0.3) is 0 Å². The van der Waals surface area contributed by atoms with Gasteiger partial charge in [0.2, 0.25) is 0 Å². The molecule has 1 N–H and O–H groups in total. The molecule has 0 aliphatic rings. The SMILES string of the molecule is Cc1nn(Cc2ccccc2)c(Cl)c1C(=O)Nc1cccc(S(=O)(=O)N(C)c2ccccc2)c1. The average Bonchev–Trinajstić information content (AvgIpc) is 3.12. The Morgan fingerprint density at radius 1 is 1.00 bits per heavy atom. The van der Waals surface area contributed by atoms with E-state index < -0.39 is 15.9 Å². The predicted molar refractivity (Wildman–Crippen MR) is 134 cm³/mol. The predicted octanol–water partition coefficient (Wildman–Crippen LogP) is 4.97. The number of nitrogens with zero attached hydrogens (tertiary/aromatic N) is 3. The van der Waals surface area contributed by atoms with E-state index in [0.29, 0.717) is 23.6 Å². The van der Waals surface area contributed by atoms with E-state index in [1.807, 2.05) is 36.4 Å². The number of halogens is 1. The third-order valence-electron chi connectivity index (χ3n) is 5.34. The smallest absolute Gasteiger partial charge is 0.264 e. The third kappa shape index (κ3) is 4.83. The Morgan fingerprint density at radius 3 is 2.32 bits per heavy atom. The first-order valence-corrected chi connectivity index (χ1v) is 12.3. The van der Waals surface area contributed by atoms with Crippen LogP contribution in [-0.2, 0) is 16.6 Å². The Morgan fingerprint density at radius 2 is 1.65 bits per heavy atom. The van der Waals surface area contributed by atoms with Gasteiger partial charge in [-0.15, -0.1) is 0 Å². The monoisotopic (exact) mass is 494 g/mol. The van der Waals surface area contributed by atoms with Gasteiger partial charge in [-0.25, -0.2) is 13.1 Å². The number of anilines is 2. The molecule has 0 fully saturated rings. The van der Waals surface area contributed by atoms with Crippen LogP contribution in [0.5, 0.6) is 0 Å². The number of carbonyl (C=O) groups excluding carboxylic acids is 1. The minimum atomic E-state index is -3.82. The normalized spacial score (nSPS) is 11.3. The average molecular weight is 495 g/mol. The molecular weight excluding hydrogens is 472 g/mol. The van der Waals surface area contributed by atoms with Gasteiger partial charge in [-0.3, -0.25) is 9.10 Å². The second-order valence-corrected chi connectivity index (χ2v) is 10.0. The lowest BCUT2D eigenvalue weighted by molar-refractivity contribution is 0.102. The van der Waals surface area contributed by atoms with E-state index in [0.717, 1.165) is 5.56 Å². The minimum Gasteiger partial charge on any atom is -0.322 e. The lowest BCUT2D eigenvalue weighted by Gasteiger charge is -2.19. The molecule has 7 nitrogen and oxygen atoms in total. The maximum atomic E-state index is 13.1. The van der Waals surface area contributed by atoms with Crippen molar-refractivity contribution in [1.29, 1.82) is 0 Å². The van der Waals surface area contributed by atoms with E-state index in [9.17, 15) is 13.2 Å². The first-order chi connectivity index (χ1) is 16.3. The molecule has 9 heteroatoms. The highest BCUT2D eigenvalue weighted by atomic mass is 35.5. The fourth-order valence-corrected chi connectivity index (χ4v) is 5.10. The van der Waals surface area contributed by atoms with Crippen molar-refractivity contribution < 1.29 is 13.2 Å². The molecule has 1 heterocycles. The largest absolute Gasteiger partial charge is 0.322 e. The number of carbonyl (C=O) groups is 1. The van der Waals surface area contributed by atoms with Crippen LogP contribution in [0.1, 0.15) is 21.6 Å². The van der Waals surface area contributed by atoms with Crippen LogP contribution < -0.4 is 9.62 Å². The standard InChI is InChI=1S/C25H23ClN4O3S/c1-18-23(24(26)30(28-18)17-19-10-5-3-6-11-19)25(31)27-20-12-9-15-22(16-20)34(32,33)29(2)21-13-7-4-8-14-21/h3-16H,17H2,1-2H3,(H,27,31). The van der Waals surface area contributed by atoms with Crippen molar-refractivity contribution in [1.82, 2.24) is 9.78 Å². The van der Waals surface area contributed by atoms with Crippen LogP contribution in [0.4, 0.5) is 11.4 Å². The van der Waals surface area contributed by atoms with Crippen molar-refractivity contribution in [3.63, 3.8) is 0 Å². The maximum absolute atomic E-state index is 13.1. The van der Waals surface area contributed by atoms with Gasteiger partial charge in [0.25, 0.3) is 15.9 Å². The van der Waals surface area contributed by atoms with Crippen molar-refractivity contribution in [2.75, 3.05) is 16.7 Å². The quantitative estimate of drug-likeness (QED) is 0.393. The van der Waals surface area contributed by atoms with Gasteiger partial charge in [0.05, 0.1) is 28.4 Å². The summed E-state index contributed by atoms with van der Waals surface area (Å²) < 4.78 is 29.0. The molecule has 0 saturated carbocycles. The van der Waals surface area contributed by atoms with Crippen molar-refractivity contribution in [3.05, 3.63) is 107 Å². The van der Waals surface area contributed by atoms with E-state index in [1.54, 1.807) is 48.0 Å². The summed E-state index contributed by atoms with van der Waals surface area (Å²) in [6, 6.07) is 24.5. The van der Waals surface area contributed by atoms with E-state index in [2.05, 4.69) is 10.4 Å². The van der Waals surface area contributed by atoms with Gasteiger partial charge in [-0.05, 0) is 42.8 Å². The van der Waals surface area contributed by atoms with Crippen LogP contribution >= 0.6 is 11.6 Å². The topological polar surface area (TPSA) is 84.3 Å². The highest BCUT2D eigenvalue weighted by Gasteiger charge is 2.23. The zero-order valence-corrected chi connectivity index (χ0v) is 20.2. The Kier molecular flexibility index (Phi) is 6.72. The molecule has 0 unspecified atom stereocenters. The van der Waals surface area contributed by atoms with Gasteiger partial charge >= 0.3 is 0 Å². The fraction of sp³-hybridized carbons (Fsp3) is 0.120. The van der Waals surface area contributed by atoms with E-state index in [4.69, 9.17) is 11.6 Å². The number of rotatable bonds is 7. The molecule has 0 aliphatic carbocycles. The van der Waals surface area contributed by atoms with Crippen molar-refractivity contribution in [3.8, 4) is 0 Å². The summed E-state index contributed by atoms with van der Waals surface area (Å²) in [4.78, 5) is 13.1. The number of nitrogens with one attached hydrogen (secondary N) is 1. The van der Waals surface area contributed by atoms with Crippen LogP contribution in [0.3, 0.4) is 0 Å². The molecule has 0 atom stereocenters. The van der Waals surface area contributed by atoms with Crippen molar-refractivity contribution in [2.45, 2.75) is 18.4 Å². The number of amides is 1. The second kappa shape index (κ2) is 9.70. The van der Waals surface area contributed by atoms with Gasteiger partial charge in [0.15, 0.2) is 0 Å². The van der Waals surface area contributed by atoms with Crippen molar-refractivity contribution >= 4 is 38.9 Å². The third-order valence-corrected chi connectivity index (χ3v) is 7.50. The second-order valence-electron chi connectivity index (χ2n) is 7.68. The number of aryl methyl sites for hydroxylation is 1. The summed E-state index contributed by atoms with van der Waals surface area (Å²) in [5.41, 5.74) is 2.58. The van der Waals surface area contributed by atoms with Gasteiger partial charge in [0.1, 0.15) is 5.15 Å². The molecule has 1 aromatic heterocycles. The lowest BCUT2D eigenvalue weighted by Crippen LogP contribution is -2.26. The fourth-order valence-electron chi connectivity index (χ4n) is 3.54. The van der Waals surface area contributed by atoms with E-state index >= 15 is 0 Å². The molecule has 34 heavy (non-hydrogen) atoms. The Hall–Kier alpha value is -3.62. The molecule has 0 spiro atoms. The highest BCUT2D eigenvalue weighted by molar-refractivity contribution is 7.92. The van der Waals surface area contributed by atoms with Crippen LogP contribution in [-0.4, -0.2) is 31.2 Å². The Balaban J connectivity index is 1.56. The molecule has 0 aliphatic heterocycles. The lowest BCUT2D eigenvalue weighted by atomic mass is 10.2. The Bertz CT molecular complexity index is 1420. The number of benzene rings is 3. The molecular formula is C25H23ClN4O3S. The van der Waals surface area contributed by atoms with Crippen LogP contribution in [0, 0.1) is 6.92 Å². The molecule has 174 valence electrons. The molecule has 0 saturated heterocycles. The zero-order chi connectivity index (χ0) is 24.3. The van der Waals surface area contributed by atoms with Gasteiger partial charge < -0.3 is 5.32 Å². The molecule has 1 amide bonds. The van der Waals surface area contributed by atoms with Crippen LogP contribution in [0.2, 0.25) is 5.15 Å². The van der Waals surface area contributed by atoms with Crippen molar-refractivity contribution in [2.24, 2.45) is 0 Å². The first kappa shape index (κ1) is 23.5. The number of sulfonamides is 1. The molecule has 4 aromatic rings. The van der Waals surface area contributed by atoms with E-state index in [-0.39, 0.29) is 15.6 Å². The number of aromatic nitrogens is 2. The number of hydrogen-bond donors (Lipinski definition) is 1. The molecule has 4 rings (SSSR count). The van der Waals surface area contributed by atoms with Crippen LogP contribution in [0.15, 0.2) is 89.8 Å². The molecule has 0 bridgehead atoms. The highest BCUT2D eigenvalue weighted by Crippen LogP contribution is 2.26. The first-order valence-electron chi connectivity index (χ1n) is 10.5. The summed E-state index contributed by atoms with van der Waals surface area (Å²) in [5, 5.41) is 7.37. The van der Waals surface area contributed by atoms with Gasteiger partial charge in [-0.2, -0.15) is 5.10 Å².